The fourth-order valence-corrected chi connectivity index (χ4v) is 4.59. The van der Waals surface area contributed by atoms with E-state index < -0.39 is 5.60 Å². The molecule has 0 spiro atoms. The molecule has 1 aromatic carbocycles. The van der Waals surface area contributed by atoms with Crippen LogP contribution in [0.2, 0.25) is 0 Å². The molecular weight excluding hydrogens is 456 g/mol. The van der Waals surface area contributed by atoms with Crippen molar-refractivity contribution in [2.45, 2.75) is 52.2 Å². The van der Waals surface area contributed by atoms with Crippen molar-refractivity contribution >= 4 is 29.3 Å². The number of nitrogens with one attached hydrogen (secondary N) is 2. The zero-order valence-electron chi connectivity index (χ0n) is 21.7. The van der Waals surface area contributed by atoms with E-state index in [2.05, 4.69) is 22.5 Å². The van der Waals surface area contributed by atoms with Gasteiger partial charge in [-0.15, -0.1) is 0 Å². The zero-order chi connectivity index (χ0) is 25.9. The molecule has 4 rings (SSSR count). The number of hydrogen-bond donors (Lipinski definition) is 2. The molecule has 1 fully saturated rings. The number of likely N-dealkylation sites (tertiary alicyclic amines) is 1. The quantitative estimate of drug-likeness (QED) is 0.653. The van der Waals surface area contributed by atoms with E-state index in [1.54, 1.807) is 17.2 Å². The van der Waals surface area contributed by atoms with E-state index >= 15 is 0 Å². The Bertz CT molecular complexity index is 1120. The molecular formula is C27H36N6O3. The van der Waals surface area contributed by atoms with Gasteiger partial charge in [-0.3, -0.25) is 4.79 Å². The molecule has 0 saturated carbocycles. The number of likely N-dealkylation sites (N-methyl/N-ethyl adjacent to an activating group) is 1. The number of benzene rings is 1. The van der Waals surface area contributed by atoms with Crippen molar-refractivity contribution in [3.8, 4) is 0 Å². The summed E-state index contributed by atoms with van der Waals surface area (Å²) in [5.41, 5.74) is 2.13. The van der Waals surface area contributed by atoms with Gasteiger partial charge < -0.3 is 25.2 Å². The third-order valence-electron chi connectivity index (χ3n) is 6.42. The first-order valence-corrected chi connectivity index (χ1v) is 12.5. The van der Waals surface area contributed by atoms with Gasteiger partial charge >= 0.3 is 6.09 Å². The van der Waals surface area contributed by atoms with Crippen LogP contribution < -0.4 is 15.5 Å². The molecule has 36 heavy (non-hydrogen) atoms. The number of nitrogens with zero attached hydrogens (tertiary/aromatic N) is 4. The van der Waals surface area contributed by atoms with Crippen LogP contribution in [-0.4, -0.2) is 65.2 Å². The highest BCUT2D eigenvalue weighted by Crippen LogP contribution is 2.32. The summed E-state index contributed by atoms with van der Waals surface area (Å²) in [7, 11) is 1.86. The molecule has 3 heterocycles. The van der Waals surface area contributed by atoms with Crippen LogP contribution in [0.15, 0.2) is 48.3 Å². The molecule has 0 bridgehead atoms. The number of ether oxygens (including phenoxy) is 1. The van der Waals surface area contributed by atoms with E-state index in [9.17, 15) is 9.59 Å². The first-order valence-electron chi connectivity index (χ1n) is 12.5. The van der Waals surface area contributed by atoms with Gasteiger partial charge in [-0.1, -0.05) is 37.3 Å². The molecule has 0 aliphatic carbocycles. The minimum atomic E-state index is -0.505. The summed E-state index contributed by atoms with van der Waals surface area (Å²) < 4.78 is 5.49. The normalized spacial score (nSPS) is 19.1. The van der Waals surface area contributed by atoms with E-state index in [0.717, 1.165) is 24.0 Å². The van der Waals surface area contributed by atoms with Crippen molar-refractivity contribution < 1.29 is 14.3 Å². The lowest BCUT2D eigenvalue weighted by molar-refractivity contribution is -0.118. The van der Waals surface area contributed by atoms with Crippen LogP contribution in [-0.2, 0) is 9.53 Å². The maximum absolute atomic E-state index is 13.0. The van der Waals surface area contributed by atoms with E-state index in [0.29, 0.717) is 37.1 Å². The summed E-state index contributed by atoms with van der Waals surface area (Å²) in [6.45, 7) is 9.55. The van der Waals surface area contributed by atoms with E-state index in [1.165, 1.54) is 0 Å². The maximum Gasteiger partial charge on any atom is 0.410 e. The summed E-state index contributed by atoms with van der Waals surface area (Å²) in [6, 6.07) is 12.0. The van der Waals surface area contributed by atoms with Crippen LogP contribution in [0.4, 0.5) is 16.6 Å². The SMILES string of the molecule is C[C@@H]1CNC(=O)C(N(C)c2ccnc(NC3CCN(C(=O)OC(C)(C)C)CC3)n2)=C1c1ccccc1. The smallest absolute Gasteiger partial charge is 0.410 e. The Balaban J connectivity index is 1.48. The molecule has 2 amide bonds. The molecule has 0 radical (unpaired) electrons. The van der Waals surface area contributed by atoms with E-state index in [1.807, 2.05) is 63.1 Å². The largest absolute Gasteiger partial charge is 0.444 e. The number of amides is 2. The van der Waals surface area contributed by atoms with Crippen molar-refractivity contribution in [1.82, 2.24) is 20.2 Å². The van der Waals surface area contributed by atoms with Gasteiger partial charge in [0.25, 0.3) is 5.91 Å². The summed E-state index contributed by atoms with van der Waals surface area (Å²) in [5.74, 6) is 1.18. The van der Waals surface area contributed by atoms with E-state index in [-0.39, 0.29) is 24.0 Å². The van der Waals surface area contributed by atoms with Crippen LogP contribution in [0.25, 0.3) is 5.57 Å². The predicted molar refractivity (Wildman–Crippen MR) is 140 cm³/mol. The lowest BCUT2D eigenvalue weighted by atomic mass is 9.88. The first-order chi connectivity index (χ1) is 17.1. The molecule has 0 unspecified atom stereocenters. The standard InChI is InChI=1S/C27H36N6O3/c1-18-17-29-24(34)23(22(18)19-9-7-6-8-10-19)32(5)21-11-14-28-25(31-21)30-20-12-15-33(16-13-20)26(35)36-27(2,3)4/h6-11,14,18,20H,12-13,15-17H2,1-5H3,(H,29,34)(H,28,30,31)/t18-/m1/s1. The monoisotopic (exact) mass is 492 g/mol. The predicted octanol–water partition coefficient (Wildman–Crippen LogP) is 3.90. The molecule has 9 heteroatoms. The van der Waals surface area contributed by atoms with Gasteiger partial charge in [0.1, 0.15) is 17.1 Å². The van der Waals surface area contributed by atoms with Crippen LogP contribution >= 0.6 is 0 Å². The van der Waals surface area contributed by atoms with Gasteiger partial charge in [0.2, 0.25) is 5.95 Å². The van der Waals surface area contributed by atoms with Crippen LogP contribution in [0.1, 0.15) is 46.1 Å². The number of anilines is 2. The minimum absolute atomic E-state index is 0.114. The summed E-state index contributed by atoms with van der Waals surface area (Å²) in [5, 5.41) is 6.41. The van der Waals surface area contributed by atoms with Crippen molar-refractivity contribution in [2.75, 3.05) is 36.9 Å². The van der Waals surface area contributed by atoms with Crippen LogP contribution in [0.3, 0.4) is 0 Å². The fraction of sp³-hybridized carbons (Fsp3) is 0.481. The molecule has 2 aromatic rings. The summed E-state index contributed by atoms with van der Waals surface area (Å²) in [4.78, 5) is 38.0. The average molecular weight is 493 g/mol. The topological polar surface area (TPSA) is 99.7 Å². The molecule has 1 atom stereocenters. The molecule has 2 aliphatic rings. The number of aromatic nitrogens is 2. The van der Waals surface area contributed by atoms with Crippen LogP contribution in [0, 0.1) is 5.92 Å². The Morgan fingerprint density at radius 3 is 2.53 bits per heavy atom. The molecule has 9 nitrogen and oxygen atoms in total. The fourth-order valence-electron chi connectivity index (χ4n) is 4.59. The Hall–Kier alpha value is -3.62. The number of rotatable bonds is 5. The average Bonchev–Trinajstić information content (AvgIpc) is 2.85. The van der Waals surface area contributed by atoms with Gasteiger partial charge in [-0.25, -0.2) is 9.78 Å². The van der Waals surface area contributed by atoms with Gasteiger partial charge in [0.05, 0.1) is 0 Å². The van der Waals surface area contributed by atoms with Crippen molar-refractivity contribution in [3.05, 3.63) is 53.9 Å². The molecule has 2 N–H and O–H groups in total. The maximum atomic E-state index is 13.0. The number of carbonyl (C=O) groups excluding carboxylic acids is 2. The third kappa shape index (κ3) is 5.95. The van der Waals surface area contributed by atoms with Gasteiger partial charge in [0.15, 0.2) is 0 Å². The molecule has 1 saturated heterocycles. The highest BCUT2D eigenvalue weighted by atomic mass is 16.6. The van der Waals surface area contributed by atoms with Gasteiger partial charge in [0, 0.05) is 44.8 Å². The second-order valence-electron chi connectivity index (χ2n) is 10.4. The number of piperidine rings is 1. The Morgan fingerprint density at radius 1 is 1.17 bits per heavy atom. The molecule has 192 valence electrons. The second-order valence-corrected chi connectivity index (χ2v) is 10.4. The van der Waals surface area contributed by atoms with Crippen molar-refractivity contribution in [1.29, 1.82) is 0 Å². The number of carbonyl (C=O) groups is 2. The summed E-state index contributed by atoms with van der Waals surface area (Å²) >= 11 is 0. The van der Waals surface area contributed by atoms with Gasteiger partial charge in [-0.2, -0.15) is 4.98 Å². The van der Waals surface area contributed by atoms with Crippen LogP contribution in [0.5, 0.6) is 0 Å². The lowest BCUT2D eigenvalue weighted by Crippen LogP contribution is -2.44. The third-order valence-corrected chi connectivity index (χ3v) is 6.42. The Labute approximate surface area is 212 Å². The molecule has 1 aromatic heterocycles. The lowest BCUT2D eigenvalue weighted by Gasteiger charge is -2.34. The minimum Gasteiger partial charge on any atom is -0.444 e. The van der Waals surface area contributed by atoms with E-state index in [4.69, 9.17) is 9.72 Å². The summed E-state index contributed by atoms with van der Waals surface area (Å²) in [6.07, 6.45) is 2.96. The second kappa shape index (κ2) is 10.6. The highest BCUT2D eigenvalue weighted by Gasteiger charge is 2.31. The van der Waals surface area contributed by atoms with Gasteiger partial charge in [-0.05, 0) is 50.8 Å². The first kappa shape index (κ1) is 25.5. The van der Waals surface area contributed by atoms with Crippen molar-refractivity contribution in [3.63, 3.8) is 0 Å². The Morgan fingerprint density at radius 2 is 1.86 bits per heavy atom. The number of hydrogen-bond acceptors (Lipinski definition) is 7. The highest BCUT2D eigenvalue weighted by molar-refractivity contribution is 6.06. The Kier molecular flexibility index (Phi) is 7.47. The zero-order valence-corrected chi connectivity index (χ0v) is 21.7. The molecule has 2 aliphatic heterocycles. The van der Waals surface area contributed by atoms with Crippen molar-refractivity contribution in [2.24, 2.45) is 5.92 Å².